The predicted molar refractivity (Wildman–Crippen MR) is 85.0 cm³/mol. The van der Waals surface area contributed by atoms with Crippen molar-refractivity contribution >= 4 is 5.91 Å². The Kier molecular flexibility index (Phi) is 6.27. The molecule has 0 aliphatic rings. The van der Waals surface area contributed by atoms with Gasteiger partial charge in [-0.3, -0.25) is 4.79 Å². The van der Waals surface area contributed by atoms with Crippen molar-refractivity contribution < 1.29 is 4.79 Å². The second kappa shape index (κ2) is 7.50. The van der Waals surface area contributed by atoms with Gasteiger partial charge in [-0.05, 0) is 39.4 Å². The zero-order valence-electron chi connectivity index (χ0n) is 14.1. The minimum absolute atomic E-state index is 0.0264. The van der Waals surface area contributed by atoms with E-state index in [0.29, 0.717) is 0 Å². The molecule has 0 bridgehead atoms. The number of nitrogens with zero attached hydrogens (tertiary/aromatic N) is 3. The zero-order valence-corrected chi connectivity index (χ0v) is 14.1. The molecule has 118 valence electrons. The molecule has 1 aromatic heterocycles. The summed E-state index contributed by atoms with van der Waals surface area (Å²) in [6.07, 6.45) is 5.80. The van der Waals surface area contributed by atoms with Crippen molar-refractivity contribution in [1.82, 2.24) is 20.2 Å². The van der Waals surface area contributed by atoms with Crippen LogP contribution in [-0.2, 0) is 4.79 Å². The van der Waals surface area contributed by atoms with E-state index in [1.807, 2.05) is 21.0 Å². The molecule has 1 aromatic rings. The van der Waals surface area contributed by atoms with E-state index >= 15 is 0 Å². The Bertz CT molecular complexity index is 439. The first-order chi connectivity index (χ1) is 9.71. The molecule has 0 unspecified atom stereocenters. The fourth-order valence-electron chi connectivity index (χ4n) is 2.09. The first-order valence-corrected chi connectivity index (χ1v) is 7.42. The first-order valence-electron chi connectivity index (χ1n) is 7.42. The van der Waals surface area contributed by atoms with E-state index in [9.17, 15) is 4.79 Å². The van der Waals surface area contributed by atoms with Gasteiger partial charge in [0.15, 0.2) is 0 Å². The molecule has 1 N–H and O–H groups in total. The molecule has 1 heterocycles. The molecule has 0 aliphatic carbocycles. The van der Waals surface area contributed by atoms with Crippen LogP contribution in [0.3, 0.4) is 0 Å². The van der Waals surface area contributed by atoms with E-state index in [1.54, 1.807) is 12.4 Å². The Morgan fingerprint density at radius 2 is 1.86 bits per heavy atom. The maximum atomic E-state index is 12.5. The standard InChI is InChI=1S/C16H28N4O/c1-12(13-9-17-11-18-10-13)15(21)19-14(16(2,3)4)7-8-20(5)6/h9-12,14H,7-8H2,1-6H3,(H,19,21)/t12-,14+/m1/s1. The number of amides is 1. The molecule has 0 spiro atoms. The van der Waals surface area contributed by atoms with Crippen molar-refractivity contribution in [2.45, 2.75) is 46.1 Å². The Morgan fingerprint density at radius 3 is 2.33 bits per heavy atom. The van der Waals surface area contributed by atoms with Gasteiger partial charge in [0.05, 0.1) is 5.92 Å². The molecule has 2 atom stereocenters. The zero-order chi connectivity index (χ0) is 16.0. The Hall–Kier alpha value is -1.49. The summed E-state index contributed by atoms with van der Waals surface area (Å²) >= 11 is 0. The molecule has 1 rings (SSSR count). The van der Waals surface area contributed by atoms with Crippen LogP contribution in [0.4, 0.5) is 0 Å². The number of aromatic nitrogens is 2. The summed E-state index contributed by atoms with van der Waals surface area (Å²) in [6.45, 7) is 9.31. The molecule has 0 aliphatic heterocycles. The monoisotopic (exact) mass is 292 g/mol. The van der Waals surface area contributed by atoms with Gasteiger partial charge < -0.3 is 10.2 Å². The van der Waals surface area contributed by atoms with E-state index in [2.05, 4.69) is 41.0 Å². The van der Waals surface area contributed by atoms with Crippen molar-refractivity contribution in [3.05, 3.63) is 24.3 Å². The van der Waals surface area contributed by atoms with E-state index in [0.717, 1.165) is 18.5 Å². The number of nitrogens with one attached hydrogen (secondary N) is 1. The van der Waals surface area contributed by atoms with Crippen molar-refractivity contribution in [3.63, 3.8) is 0 Å². The number of hydrogen-bond donors (Lipinski definition) is 1. The van der Waals surface area contributed by atoms with Gasteiger partial charge in [-0.25, -0.2) is 9.97 Å². The summed E-state index contributed by atoms with van der Waals surface area (Å²) in [5, 5.41) is 3.19. The van der Waals surface area contributed by atoms with Crippen molar-refractivity contribution in [1.29, 1.82) is 0 Å². The van der Waals surface area contributed by atoms with Crippen molar-refractivity contribution in [3.8, 4) is 0 Å². The molecule has 0 radical (unpaired) electrons. The van der Waals surface area contributed by atoms with Crippen molar-refractivity contribution in [2.24, 2.45) is 5.41 Å². The van der Waals surface area contributed by atoms with Gasteiger partial charge in [0.25, 0.3) is 0 Å². The Balaban J connectivity index is 2.71. The average molecular weight is 292 g/mol. The lowest BCUT2D eigenvalue weighted by molar-refractivity contribution is -0.123. The highest BCUT2D eigenvalue weighted by atomic mass is 16.1. The van der Waals surface area contributed by atoms with E-state index in [4.69, 9.17) is 0 Å². The second-order valence-corrected chi connectivity index (χ2v) is 6.91. The molecule has 1 amide bonds. The summed E-state index contributed by atoms with van der Waals surface area (Å²) in [5.41, 5.74) is 0.869. The van der Waals surface area contributed by atoms with E-state index in [1.165, 1.54) is 6.33 Å². The van der Waals surface area contributed by atoms with Crippen molar-refractivity contribution in [2.75, 3.05) is 20.6 Å². The maximum Gasteiger partial charge on any atom is 0.227 e. The summed E-state index contributed by atoms with van der Waals surface area (Å²) in [4.78, 5) is 22.6. The van der Waals surface area contributed by atoms with Gasteiger partial charge in [0, 0.05) is 24.0 Å². The first kappa shape index (κ1) is 17.6. The summed E-state index contributed by atoms with van der Waals surface area (Å²) in [6, 6.07) is 0.138. The second-order valence-electron chi connectivity index (χ2n) is 6.91. The minimum atomic E-state index is -0.240. The third kappa shape index (κ3) is 5.79. The van der Waals surface area contributed by atoms with E-state index in [-0.39, 0.29) is 23.3 Å². The van der Waals surface area contributed by atoms with Crippen LogP contribution < -0.4 is 5.32 Å². The van der Waals surface area contributed by atoms with Gasteiger partial charge >= 0.3 is 0 Å². The highest BCUT2D eigenvalue weighted by Crippen LogP contribution is 2.23. The largest absolute Gasteiger partial charge is 0.352 e. The van der Waals surface area contributed by atoms with Crippen LogP contribution in [0.5, 0.6) is 0 Å². The van der Waals surface area contributed by atoms with Gasteiger partial charge in [-0.2, -0.15) is 0 Å². The molecule has 5 heteroatoms. The average Bonchev–Trinajstić information content (AvgIpc) is 2.41. The summed E-state index contributed by atoms with van der Waals surface area (Å²) < 4.78 is 0. The van der Waals surface area contributed by atoms with Crippen LogP contribution >= 0.6 is 0 Å². The van der Waals surface area contributed by atoms with Crippen LogP contribution in [0.15, 0.2) is 18.7 Å². The lowest BCUT2D eigenvalue weighted by Gasteiger charge is -2.33. The minimum Gasteiger partial charge on any atom is -0.352 e. The molecule has 0 saturated heterocycles. The van der Waals surface area contributed by atoms with Crippen LogP contribution in [0.25, 0.3) is 0 Å². The normalized spacial score (nSPS) is 14.8. The smallest absolute Gasteiger partial charge is 0.227 e. The predicted octanol–water partition coefficient (Wildman–Crippen LogP) is 2.06. The molecule has 21 heavy (non-hydrogen) atoms. The molecule has 0 aromatic carbocycles. The van der Waals surface area contributed by atoms with Gasteiger partial charge in [-0.15, -0.1) is 0 Å². The Morgan fingerprint density at radius 1 is 1.29 bits per heavy atom. The molecular formula is C16H28N4O. The van der Waals surface area contributed by atoms with Crippen LogP contribution in [0, 0.1) is 5.41 Å². The number of carbonyl (C=O) groups is 1. The summed E-state index contributed by atoms with van der Waals surface area (Å²) in [5.74, 6) is -0.209. The Labute approximate surface area is 128 Å². The lowest BCUT2D eigenvalue weighted by Crippen LogP contribution is -2.46. The topological polar surface area (TPSA) is 58.1 Å². The van der Waals surface area contributed by atoms with Gasteiger partial charge in [0.1, 0.15) is 6.33 Å². The van der Waals surface area contributed by atoms with Crippen LogP contribution in [0.1, 0.15) is 45.6 Å². The van der Waals surface area contributed by atoms with Crippen LogP contribution in [0.2, 0.25) is 0 Å². The fraction of sp³-hybridized carbons (Fsp3) is 0.688. The third-order valence-electron chi connectivity index (χ3n) is 3.70. The fourth-order valence-corrected chi connectivity index (χ4v) is 2.09. The van der Waals surface area contributed by atoms with Crippen LogP contribution in [-0.4, -0.2) is 47.5 Å². The highest BCUT2D eigenvalue weighted by Gasteiger charge is 2.28. The lowest BCUT2D eigenvalue weighted by atomic mass is 9.84. The quantitative estimate of drug-likeness (QED) is 0.872. The third-order valence-corrected chi connectivity index (χ3v) is 3.70. The number of rotatable bonds is 6. The molecule has 0 saturated carbocycles. The maximum absolute atomic E-state index is 12.5. The molecule has 5 nitrogen and oxygen atoms in total. The molecule has 0 fully saturated rings. The van der Waals surface area contributed by atoms with E-state index < -0.39 is 0 Å². The highest BCUT2D eigenvalue weighted by molar-refractivity contribution is 5.83. The number of carbonyl (C=O) groups excluding carboxylic acids is 1. The molecular weight excluding hydrogens is 264 g/mol. The van der Waals surface area contributed by atoms with Gasteiger partial charge in [-0.1, -0.05) is 20.8 Å². The summed E-state index contributed by atoms with van der Waals surface area (Å²) in [7, 11) is 4.09. The van der Waals surface area contributed by atoms with Gasteiger partial charge in [0.2, 0.25) is 5.91 Å². The SMILES string of the molecule is C[C@@H](C(=O)N[C@@H](CCN(C)C)C(C)(C)C)c1cncnc1. The number of hydrogen-bond acceptors (Lipinski definition) is 4.